The Kier molecular flexibility index (Phi) is 5.21. The van der Waals surface area contributed by atoms with Crippen molar-refractivity contribution in [2.45, 2.75) is 6.42 Å². The number of fused-ring (bicyclic) bond motifs is 2. The maximum atomic E-state index is 11.6. The summed E-state index contributed by atoms with van der Waals surface area (Å²) in [5.41, 5.74) is 8.73. The van der Waals surface area contributed by atoms with Crippen LogP contribution in [0.4, 0.5) is 5.69 Å². The third-order valence-corrected chi connectivity index (χ3v) is 7.17. The van der Waals surface area contributed by atoms with Crippen LogP contribution in [0, 0.1) is 0 Å². The van der Waals surface area contributed by atoms with Crippen molar-refractivity contribution in [1.29, 1.82) is 0 Å². The second-order valence-electron chi connectivity index (χ2n) is 7.99. The van der Waals surface area contributed by atoms with Crippen molar-refractivity contribution in [3.05, 3.63) is 75.4 Å². The Labute approximate surface area is 183 Å². The lowest BCUT2D eigenvalue weighted by atomic mass is 10.1. The van der Waals surface area contributed by atoms with Gasteiger partial charge in [-0.3, -0.25) is 14.5 Å². The van der Waals surface area contributed by atoms with Gasteiger partial charge in [0.2, 0.25) is 5.56 Å². The van der Waals surface area contributed by atoms with E-state index in [0.717, 1.165) is 60.1 Å². The fourth-order valence-electron chi connectivity index (χ4n) is 4.27. The van der Waals surface area contributed by atoms with Gasteiger partial charge >= 0.3 is 0 Å². The standard InChI is InChI=1S/C24H24N4O2S/c25-24(30)21-15-18-2-1-3-20(23(18)31-21)28-12-10-27(11-13-28)9-8-16-4-5-17-6-7-22(29)26-19(17)14-16/h1-7,14-15H,8-13H2,(H2,25,30)(H,26,29). The molecule has 1 aliphatic heterocycles. The van der Waals surface area contributed by atoms with Crippen LogP contribution in [-0.4, -0.2) is 48.5 Å². The zero-order chi connectivity index (χ0) is 21.4. The van der Waals surface area contributed by atoms with Crippen LogP contribution in [0.5, 0.6) is 0 Å². The molecular weight excluding hydrogens is 408 g/mol. The van der Waals surface area contributed by atoms with Crippen LogP contribution < -0.4 is 16.2 Å². The average Bonchev–Trinajstić information content (AvgIpc) is 3.23. The molecule has 0 bridgehead atoms. The van der Waals surface area contributed by atoms with Gasteiger partial charge in [-0.25, -0.2) is 0 Å². The molecule has 1 saturated heterocycles. The molecule has 1 amide bonds. The summed E-state index contributed by atoms with van der Waals surface area (Å²) in [6.07, 6.45) is 0.954. The Balaban J connectivity index is 1.23. The van der Waals surface area contributed by atoms with E-state index in [4.69, 9.17) is 5.73 Å². The number of pyridine rings is 1. The molecule has 6 nitrogen and oxygen atoms in total. The second kappa shape index (κ2) is 8.17. The minimum atomic E-state index is -0.366. The fourth-order valence-corrected chi connectivity index (χ4v) is 5.32. The first-order valence-corrected chi connectivity index (χ1v) is 11.3. The van der Waals surface area contributed by atoms with Crippen molar-refractivity contribution in [2.24, 2.45) is 5.73 Å². The molecule has 2 aromatic heterocycles. The number of thiophene rings is 1. The molecule has 0 aliphatic carbocycles. The maximum absolute atomic E-state index is 11.6. The molecule has 158 valence electrons. The van der Waals surface area contributed by atoms with E-state index < -0.39 is 0 Å². The Morgan fingerprint density at radius 2 is 1.81 bits per heavy atom. The molecule has 4 aromatic rings. The first-order valence-electron chi connectivity index (χ1n) is 10.5. The molecule has 0 atom stereocenters. The van der Waals surface area contributed by atoms with Crippen LogP contribution in [0.25, 0.3) is 21.0 Å². The van der Waals surface area contributed by atoms with E-state index in [-0.39, 0.29) is 11.5 Å². The molecule has 2 aromatic carbocycles. The second-order valence-corrected chi connectivity index (χ2v) is 9.05. The lowest BCUT2D eigenvalue weighted by Crippen LogP contribution is -2.47. The first kappa shape index (κ1) is 19.8. The highest BCUT2D eigenvalue weighted by Crippen LogP contribution is 2.34. The van der Waals surface area contributed by atoms with Crippen LogP contribution in [0.2, 0.25) is 0 Å². The van der Waals surface area contributed by atoms with Gasteiger partial charge in [0, 0.05) is 44.3 Å². The van der Waals surface area contributed by atoms with Gasteiger partial charge in [0.05, 0.1) is 15.3 Å². The fraction of sp³-hybridized carbons (Fsp3) is 0.250. The van der Waals surface area contributed by atoms with Gasteiger partial charge < -0.3 is 15.6 Å². The normalized spacial score (nSPS) is 15.0. The zero-order valence-electron chi connectivity index (χ0n) is 17.1. The van der Waals surface area contributed by atoms with Crippen molar-refractivity contribution in [3.8, 4) is 0 Å². The summed E-state index contributed by atoms with van der Waals surface area (Å²) in [6.45, 7) is 4.89. The third kappa shape index (κ3) is 4.06. The van der Waals surface area contributed by atoms with Crippen LogP contribution in [0.15, 0.2) is 59.4 Å². The van der Waals surface area contributed by atoms with Gasteiger partial charge in [0.25, 0.3) is 5.91 Å². The van der Waals surface area contributed by atoms with Crippen molar-refractivity contribution in [1.82, 2.24) is 9.88 Å². The van der Waals surface area contributed by atoms with Crippen LogP contribution in [-0.2, 0) is 6.42 Å². The number of anilines is 1. The highest BCUT2D eigenvalue weighted by Gasteiger charge is 2.20. The molecule has 1 fully saturated rings. The van der Waals surface area contributed by atoms with Gasteiger partial charge in [0.1, 0.15) is 0 Å². The van der Waals surface area contributed by atoms with Crippen molar-refractivity contribution in [3.63, 3.8) is 0 Å². The summed E-state index contributed by atoms with van der Waals surface area (Å²) in [4.78, 5) is 31.6. The Morgan fingerprint density at radius 3 is 2.61 bits per heavy atom. The molecule has 3 N–H and O–H groups in total. The molecule has 0 spiro atoms. The van der Waals surface area contributed by atoms with Crippen LogP contribution in [0.3, 0.4) is 0 Å². The topological polar surface area (TPSA) is 82.4 Å². The van der Waals surface area contributed by atoms with E-state index in [2.05, 4.69) is 39.0 Å². The number of aromatic nitrogens is 1. The number of rotatable bonds is 5. The average molecular weight is 433 g/mol. The summed E-state index contributed by atoms with van der Waals surface area (Å²) < 4.78 is 1.13. The molecule has 5 rings (SSSR count). The lowest BCUT2D eigenvalue weighted by Gasteiger charge is -2.36. The number of aromatic amines is 1. The third-order valence-electron chi connectivity index (χ3n) is 5.99. The molecule has 7 heteroatoms. The number of primary amides is 1. The summed E-state index contributed by atoms with van der Waals surface area (Å²) in [7, 11) is 0. The molecule has 0 radical (unpaired) electrons. The molecule has 0 saturated carbocycles. The Bertz CT molecular complexity index is 1320. The SMILES string of the molecule is NC(=O)c1cc2cccc(N3CCN(CCc4ccc5ccc(=O)[nH]c5c4)CC3)c2s1. The summed E-state index contributed by atoms with van der Waals surface area (Å²) in [6, 6.07) is 17.8. The van der Waals surface area contributed by atoms with Crippen LogP contribution >= 0.6 is 11.3 Å². The monoisotopic (exact) mass is 432 g/mol. The van der Waals surface area contributed by atoms with E-state index >= 15 is 0 Å². The van der Waals surface area contributed by atoms with Gasteiger partial charge in [-0.05, 0) is 47.0 Å². The summed E-state index contributed by atoms with van der Waals surface area (Å²) >= 11 is 1.48. The van der Waals surface area contributed by atoms with Crippen molar-refractivity contribution in [2.75, 3.05) is 37.6 Å². The van der Waals surface area contributed by atoms with Gasteiger partial charge in [0.15, 0.2) is 0 Å². The number of carbonyl (C=O) groups excluding carboxylic acids is 1. The lowest BCUT2D eigenvalue weighted by molar-refractivity contribution is 0.100. The maximum Gasteiger partial charge on any atom is 0.258 e. The Morgan fingerprint density at radius 1 is 1.00 bits per heavy atom. The Hall–Kier alpha value is -3.16. The van der Waals surface area contributed by atoms with E-state index in [9.17, 15) is 9.59 Å². The van der Waals surface area contributed by atoms with E-state index in [1.807, 2.05) is 24.3 Å². The van der Waals surface area contributed by atoms with E-state index in [0.29, 0.717) is 4.88 Å². The smallest absolute Gasteiger partial charge is 0.258 e. The minimum Gasteiger partial charge on any atom is -0.368 e. The molecular formula is C24H24N4O2S. The number of H-pyrrole nitrogens is 1. The van der Waals surface area contributed by atoms with E-state index in [1.54, 1.807) is 6.07 Å². The number of piperazine rings is 1. The molecule has 3 heterocycles. The molecule has 1 aliphatic rings. The van der Waals surface area contributed by atoms with Gasteiger partial charge in [-0.2, -0.15) is 0 Å². The number of benzene rings is 2. The number of hydrogen-bond acceptors (Lipinski definition) is 5. The number of carbonyl (C=O) groups is 1. The number of nitrogens with one attached hydrogen (secondary N) is 1. The summed E-state index contributed by atoms with van der Waals surface area (Å²) in [5.74, 6) is -0.366. The van der Waals surface area contributed by atoms with Gasteiger partial charge in [-0.15, -0.1) is 11.3 Å². The van der Waals surface area contributed by atoms with Crippen molar-refractivity contribution < 1.29 is 4.79 Å². The van der Waals surface area contributed by atoms with E-state index in [1.165, 1.54) is 22.6 Å². The quantitative estimate of drug-likeness (QED) is 0.507. The highest BCUT2D eigenvalue weighted by molar-refractivity contribution is 7.21. The zero-order valence-corrected chi connectivity index (χ0v) is 18.0. The van der Waals surface area contributed by atoms with Crippen LogP contribution in [0.1, 0.15) is 15.2 Å². The largest absolute Gasteiger partial charge is 0.368 e. The van der Waals surface area contributed by atoms with Gasteiger partial charge in [-0.1, -0.05) is 24.3 Å². The number of amides is 1. The first-order chi connectivity index (χ1) is 15.1. The number of nitrogens with two attached hydrogens (primary N) is 1. The van der Waals surface area contributed by atoms with Crippen molar-refractivity contribution >= 4 is 43.9 Å². The number of hydrogen-bond donors (Lipinski definition) is 2. The highest BCUT2D eigenvalue weighted by atomic mass is 32.1. The molecule has 31 heavy (non-hydrogen) atoms. The minimum absolute atomic E-state index is 0.0653. The predicted octanol–water partition coefficient (Wildman–Crippen LogP) is 3.21. The molecule has 0 unspecified atom stereocenters. The number of nitrogens with zero attached hydrogens (tertiary/aromatic N) is 2. The summed E-state index contributed by atoms with van der Waals surface area (Å²) in [5, 5.41) is 2.13. The predicted molar refractivity (Wildman–Crippen MR) is 127 cm³/mol.